The normalized spacial score (nSPS) is 27.3. The van der Waals surface area contributed by atoms with Gasteiger partial charge in [-0.3, -0.25) is 19.8 Å². The van der Waals surface area contributed by atoms with E-state index in [4.69, 9.17) is 4.74 Å². The molecule has 1 aliphatic heterocycles. The zero-order valence-electron chi connectivity index (χ0n) is 36.5. The lowest BCUT2D eigenvalue weighted by molar-refractivity contribution is -0.384. The molecule has 15 heteroatoms. The van der Waals surface area contributed by atoms with E-state index >= 15 is 0 Å². The van der Waals surface area contributed by atoms with Crippen LogP contribution in [0.4, 0.5) is 17.1 Å². The predicted octanol–water partition coefficient (Wildman–Crippen LogP) is 8.33. The Hall–Kier alpha value is -4.99. The third-order valence-corrected chi connectivity index (χ3v) is 16.1. The maximum Gasteiger partial charge on any atom is 0.293 e. The van der Waals surface area contributed by atoms with Crippen molar-refractivity contribution < 1.29 is 28.0 Å². The lowest BCUT2D eigenvalue weighted by Crippen LogP contribution is -2.61. The molecule has 2 aromatic heterocycles. The van der Waals surface area contributed by atoms with Crippen LogP contribution >= 0.6 is 0 Å². The van der Waals surface area contributed by atoms with E-state index in [-0.39, 0.29) is 23.0 Å². The lowest BCUT2D eigenvalue weighted by Gasteiger charge is -2.72. The van der Waals surface area contributed by atoms with Crippen LogP contribution < -0.4 is 19.3 Å². The van der Waals surface area contributed by atoms with E-state index in [2.05, 4.69) is 45.3 Å². The molecule has 330 valence electrons. The first kappa shape index (κ1) is 42.3. The van der Waals surface area contributed by atoms with Crippen molar-refractivity contribution in [3.8, 4) is 11.5 Å². The molecule has 1 saturated heterocycles. The van der Waals surface area contributed by atoms with Crippen LogP contribution in [0.25, 0.3) is 11.0 Å². The number of rotatable bonds is 12. The molecule has 0 radical (unpaired) electrons. The number of nitro benzene ring substituents is 1. The van der Waals surface area contributed by atoms with Crippen LogP contribution in [-0.2, 0) is 10.0 Å². The van der Waals surface area contributed by atoms with Gasteiger partial charge < -0.3 is 24.6 Å². The van der Waals surface area contributed by atoms with Gasteiger partial charge >= 0.3 is 0 Å². The average molecular weight is 866 g/mol. The molecular weight excluding hydrogens is 807 g/mol. The summed E-state index contributed by atoms with van der Waals surface area (Å²) in [7, 11) is -2.84. The molecule has 2 aromatic carbocycles. The topological polar surface area (TPSA) is 174 Å². The Bertz CT molecular complexity index is 2550. The average Bonchev–Trinajstić information content (AvgIpc) is 3.68. The van der Waals surface area contributed by atoms with Crippen LogP contribution in [0.15, 0.2) is 77.0 Å². The van der Waals surface area contributed by atoms with Gasteiger partial charge in [0.2, 0.25) is 0 Å². The number of pyridine rings is 1. The number of allylic oxidation sites excluding steroid dienone is 1. The summed E-state index contributed by atoms with van der Waals surface area (Å²) >= 11 is 0. The van der Waals surface area contributed by atoms with Crippen molar-refractivity contribution in [3.05, 3.63) is 87.7 Å². The number of carbonyl (C=O) groups excluding carboxylic acids is 1. The van der Waals surface area contributed by atoms with E-state index < -0.39 is 37.0 Å². The molecule has 2 bridgehead atoms. The summed E-state index contributed by atoms with van der Waals surface area (Å²) in [6.07, 6.45) is 13.3. The smallest absolute Gasteiger partial charge is 0.293 e. The van der Waals surface area contributed by atoms with Crippen molar-refractivity contribution in [2.24, 2.45) is 16.2 Å². The highest BCUT2D eigenvalue weighted by molar-refractivity contribution is 7.90. The highest BCUT2D eigenvalue weighted by atomic mass is 32.2. The number of hydrogen-bond donors (Lipinski definition) is 3. The number of benzene rings is 2. The molecule has 6 aliphatic rings. The third-order valence-electron chi connectivity index (χ3n) is 14.7. The monoisotopic (exact) mass is 865 g/mol. The number of fused-ring (bicyclic) bond motifs is 1. The summed E-state index contributed by atoms with van der Waals surface area (Å²) in [5, 5.41) is 23.5. The van der Waals surface area contributed by atoms with Crippen LogP contribution in [0, 0.1) is 26.4 Å². The Morgan fingerprint density at radius 3 is 2.44 bits per heavy atom. The first-order valence-corrected chi connectivity index (χ1v) is 23.5. The first-order chi connectivity index (χ1) is 29.3. The molecule has 0 unspecified atom stereocenters. The number of anilines is 2. The van der Waals surface area contributed by atoms with Gasteiger partial charge in [-0.15, -0.1) is 0 Å². The van der Waals surface area contributed by atoms with Crippen molar-refractivity contribution in [3.63, 3.8) is 0 Å². The van der Waals surface area contributed by atoms with E-state index in [9.17, 15) is 28.4 Å². The van der Waals surface area contributed by atoms with E-state index in [1.807, 2.05) is 12.1 Å². The fourth-order valence-electron chi connectivity index (χ4n) is 11.4. The largest absolute Gasteiger partial charge is 0.455 e. The van der Waals surface area contributed by atoms with Crippen LogP contribution in [-0.4, -0.2) is 90.6 Å². The molecule has 1 amide bonds. The zero-order chi connectivity index (χ0) is 43.8. The Morgan fingerprint density at radius 1 is 1.02 bits per heavy atom. The molecule has 3 heterocycles. The summed E-state index contributed by atoms with van der Waals surface area (Å²) in [6.45, 7) is 13.4. The maximum absolute atomic E-state index is 14.0. The van der Waals surface area contributed by atoms with Crippen molar-refractivity contribution in [1.82, 2.24) is 19.6 Å². The van der Waals surface area contributed by atoms with Gasteiger partial charge in [-0.25, -0.2) is 18.1 Å². The number of sulfonamides is 1. The quantitative estimate of drug-likeness (QED) is 0.0710. The van der Waals surface area contributed by atoms with E-state index in [1.54, 1.807) is 60.6 Å². The number of piperazine rings is 1. The number of aromatic amines is 1. The van der Waals surface area contributed by atoms with Gasteiger partial charge in [0.05, 0.1) is 27.2 Å². The molecule has 4 aromatic rings. The van der Waals surface area contributed by atoms with Crippen LogP contribution in [0.2, 0.25) is 0 Å². The SMILES string of the molecule is CN(c1ccc(S(=O)(=O)NC(=O)c2ccc(N3CCN(CC4=C(C56CC(C)(C5)C6)CC(C)(C)CC4)CC3)cc2Oc2cnc3[nH]ccc3c2)cc1[N+](=O)[O-])C1CCC(C)(O)CC1. The fraction of sp³-hybridized carbons (Fsp3) is 0.532. The summed E-state index contributed by atoms with van der Waals surface area (Å²) in [4.78, 5) is 39.4. The third kappa shape index (κ3) is 8.19. The number of amides is 1. The molecule has 14 nitrogen and oxygen atoms in total. The van der Waals surface area contributed by atoms with Gasteiger partial charge in [0.1, 0.15) is 22.8 Å². The predicted molar refractivity (Wildman–Crippen MR) is 239 cm³/mol. The number of nitrogens with zero attached hydrogens (tertiary/aromatic N) is 5. The number of aliphatic hydroxyl groups is 1. The number of H-pyrrole nitrogens is 1. The molecule has 62 heavy (non-hydrogen) atoms. The molecular formula is C47H59N7O7S. The Morgan fingerprint density at radius 2 is 1.74 bits per heavy atom. The number of nitrogens with one attached hydrogen (secondary N) is 2. The number of ether oxygens (including phenoxy) is 1. The molecule has 3 N–H and O–H groups in total. The van der Waals surface area contributed by atoms with Gasteiger partial charge in [-0.2, -0.15) is 0 Å². The second kappa shape index (κ2) is 15.4. The van der Waals surface area contributed by atoms with Crippen LogP contribution in [0.1, 0.15) is 102 Å². The minimum atomic E-state index is -4.57. The second-order valence-electron chi connectivity index (χ2n) is 20.4. The standard InChI is InChI=1S/C47H59N7O7S/c1-44(2)14-10-32(38(25-44)47-28-45(3,29-47)30-47)27-52-18-20-53(21-19-52)34-6-8-37(41(23-34)61-35-22-31-13-17-48-42(31)49-26-35)43(55)50-62(59,60)36-7-9-39(40(24-36)54(57)58)51(5)33-11-15-46(4,56)16-12-33/h6-9,13,17,22-24,26,33,56H,10-12,14-16,18-21,25,27-30H2,1-5H3,(H,48,49)(H,50,55). The van der Waals surface area contributed by atoms with Crippen molar-refractivity contribution >= 4 is 44.0 Å². The molecule has 0 spiro atoms. The van der Waals surface area contributed by atoms with Gasteiger partial charge in [0.15, 0.2) is 0 Å². The number of carbonyl (C=O) groups is 1. The Balaban J connectivity index is 0.933. The molecule has 5 aliphatic carbocycles. The van der Waals surface area contributed by atoms with Gasteiger partial charge in [0, 0.05) is 75.2 Å². The fourth-order valence-corrected chi connectivity index (χ4v) is 12.3. The van der Waals surface area contributed by atoms with E-state index in [0.29, 0.717) is 53.3 Å². The van der Waals surface area contributed by atoms with Gasteiger partial charge in [-0.1, -0.05) is 31.9 Å². The van der Waals surface area contributed by atoms with Gasteiger partial charge in [0.25, 0.3) is 21.6 Å². The number of hydrogen-bond acceptors (Lipinski definition) is 11. The second-order valence-corrected chi connectivity index (χ2v) is 22.0. The van der Waals surface area contributed by atoms with Crippen molar-refractivity contribution in [2.45, 2.75) is 108 Å². The molecule has 5 fully saturated rings. The van der Waals surface area contributed by atoms with E-state index in [0.717, 1.165) is 49.9 Å². The molecule has 10 rings (SSSR count). The lowest BCUT2D eigenvalue weighted by atomic mass is 9.33. The van der Waals surface area contributed by atoms with E-state index in [1.165, 1.54) is 50.7 Å². The Labute approximate surface area is 363 Å². The van der Waals surface area contributed by atoms with Crippen LogP contribution in [0.5, 0.6) is 11.5 Å². The van der Waals surface area contributed by atoms with Gasteiger partial charge in [-0.05, 0) is 124 Å². The highest BCUT2D eigenvalue weighted by Gasteiger charge is 2.66. The number of aromatic nitrogens is 2. The molecule has 4 saturated carbocycles. The highest BCUT2D eigenvalue weighted by Crippen LogP contribution is 2.77. The summed E-state index contributed by atoms with van der Waals surface area (Å²) < 4.78 is 36.1. The summed E-state index contributed by atoms with van der Waals surface area (Å²) in [6, 6.07) is 12.4. The van der Waals surface area contributed by atoms with Crippen molar-refractivity contribution in [2.75, 3.05) is 49.6 Å². The zero-order valence-corrected chi connectivity index (χ0v) is 37.3. The first-order valence-electron chi connectivity index (χ1n) is 22.0. The Kier molecular flexibility index (Phi) is 10.5. The summed E-state index contributed by atoms with van der Waals surface area (Å²) in [5.41, 5.74) is 5.37. The van der Waals surface area contributed by atoms with Crippen LogP contribution in [0.3, 0.4) is 0 Å². The number of nitro groups is 1. The minimum Gasteiger partial charge on any atom is -0.455 e. The van der Waals surface area contributed by atoms with Crippen molar-refractivity contribution in [1.29, 1.82) is 0 Å². The minimum absolute atomic E-state index is 0.0219. The molecule has 0 atom stereocenters. The summed E-state index contributed by atoms with van der Waals surface area (Å²) in [5.74, 6) is -0.427. The maximum atomic E-state index is 14.0.